The average molecular weight is 268 g/mol. The third kappa shape index (κ3) is 3.01. The number of piperidine rings is 1. The zero-order valence-corrected chi connectivity index (χ0v) is 10.8. The molecule has 0 saturated carbocycles. The van der Waals surface area contributed by atoms with Crippen LogP contribution in [-0.2, 0) is 0 Å². The van der Waals surface area contributed by atoms with Gasteiger partial charge in [-0.3, -0.25) is 10.1 Å². The average Bonchev–Trinajstić information content (AvgIpc) is 2.38. The van der Waals surface area contributed by atoms with Crippen LogP contribution in [0.3, 0.4) is 0 Å². The van der Waals surface area contributed by atoms with E-state index in [4.69, 9.17) is 0 Å². The Balaban J connectivity index is 2.19. The second-order valence-corrected chi connectivity index (χ2v) is 4.98. The SMILES string of the molecule is CC(O)C1CCCN(c2ccc([N+](=O)[O-])cc2F)C1. The molecule has 1 aliphatic heterocycles. The number of benzene rings is 1. The van der Waals surface area contributed by atoms with Crippen molar-refractivity contribution in [1.82, 2.24) is 0 Å². The summed E-state index contributed by atoms with van der Waals surface area (Å²) in [4.78, 5) is 11.8. The van der Waals surface area contributed by atoms with Gasteiger partial charge in [-0.25, -0.2) is 4.39 Å². The standard InChI is InChI=1S/C13H17FN2O3/c1-9(17)10-3-2-6-15(8-10)13-5-4-11(16(18)19)7-12(13)14/h4-5,7,9-10,17H,2-3,6,8H2,1H3. The maximum Gasteiger partial charge on any atom is 0.272 e. The van der Waals surface area contributed by atoms with Crippen molar-refractivity contribution in [2.24, 2.45) is 5.92 Å². The quantitative estimate of drug-likeness (QED) is 0.675. The van der Waals surface area contributed by atoms with Crippen LogP contribution in [0.25, 0.3) is 0 Å². The second kappa shape index (κ2) is 5.52. The summed E-state index contributed by atoms with van der Waals surface area (Å²) in [5, 5.41) is 20.2. The molecular formula is C13H17FN2O3. The van der Waals surface area contributed by atoms with E-state index in [-0.39, 0.29) is 11.6 Å². The molecule has 1 aromatic rings. The first kappa shape index (κ1) is 13.7. The lowest BCUT2D eigenvalue weighted by atomic mass is 9.93. The van der Waals surface area contributed by atoms with Gasteiger partial charge in [0.2, 0.25) is 0 Å². The lowest BCUT2D eigenvalue weighted by Gasteiger charge is -2.35. The molecular weight excluding hydrogens is 251 g/mol. The molecule has 2 atom stereocenters. The highest BCUT2D eigenvalue weighted by molar-refractivity contribution is 5.52. The Labute approximate surface area is 110 Å². The summed E-state index contributed by atoms with van der Waals surface area (Å²) < 4.78 is 13.9. The van der Waals surface area contributed by atoms with E-state index in [0.29, 0.717) is 18.8 Å². The highest BCUT2D eigenvalue weighted by Gasteiger charge is 2.25. The van der Waals surface area contributed by atoms with E-state index in [1.54, 1.807) is 6.92 Å². The minimum atomic E-state index is -0.609. The fourth-order valence-electron chi connectivity index (χ4n) is 2.49. The summed E-state index contributed by atoms with van der Waals surface area (Å²) in [6, 6.07) is 3.70. The van der Waals surface area contributed by atoms with Crippen molar-refractivity contribution < 1.29 is 14.4 Å². The smallest absolute Gasteiger partial charge is 0.272 e. The predicted octanol–water partition coefficient (Wildman–Crippen LogP) is 2.33. The summed E-state index contributed by atoms with van der Waals surface area (Å²) in [6.45, 7) is 3.02. The minimum Gasteiger partial charge on any atom is -0.393 e. The van der Waals surface area contributed by atoms with Crippen molar-refractivity contribution in [2.75, 3.05) is 18.0 Å². The van der Waals surface area contributed by atoms with E-state index in [0.717, 1.165) is 18.9 Å². The zero-order chi connectivity index (χ0) is 14.0. The van der Waals surface area contributed by atoms with Crippen LogP contribution in [0.4, 0.5) is 15.8 Å². The van der Waals surface area contributed by atoms with Gasteiger partial charge >= 0.3 is 0 Å². The number of hydrogen-bond donors (Lipinski definition) is 1. The molecule has 5 nitrogen and oxygen atoms in total. The van der Waals surface area contributed by atoms with Crippen molar-refractivity contribution in [2.45, 2.75) is 25.9 Å². The molecule has 0 aromatic heterocycles. The molecule has 1 saturated heterocycles. The largest absolute Gasteiger partial charge is 0.393 e. The Bertz CT molecular complexity index is 479. The van der Waals surface area contributed by atoms with Crippen LogP contribution < -0.4 is 4.90 Å². The van der Waals surface area contributed by atoms with E-state index in [2.05, 4.69) is 0 Å². The number of non-ortho nitro benzene ring substituents is 1. The fourth-order valence-corrected chi connectivity index (χ4v) is 2.49. The number of rotatable bonds is 3. The van der Waals surface area contributed by atoms with E-state index >= 15 is 0 Å². The van der Waals surface area contributed by atoms with Crippen molar-refractivity contribution in [3.8, 4) is 0 Å². The summed E-state index contributed by atoms with van der Waals surface area (Å²) in [6.07, 6.45) is 1.37. The van der Waals surface area contributed by atoms with Gasteiger partial charge in [-0.05, 0) is 25.8 Å². The van der Waals surface area contributed by atoms with Gasteiger partial charge in [-0.1, -0.05) is 0 Å². The maximum atomic E-state index is 13.9. The molecule has 1 N–H and O–H groups in total. The molecule has 2 unspecified atom stereocenters. The second-order valence-electron chi connectivity index (χ2n) is 4.98. The lowest BCUT2D eigenvalue weighted by molar-refractivity contribution is -0.385. The lowest BCUT2D eigenvalue weighted by Crippen LogP contribution is -2.39. The van der Waals surface area contributed by atoms with Crippen molar-refractivity contribution in [1.29, 1.82) is 0 Å². The first-order valence-electron chi connectivity index (χ1n) is 6.36. The monoisotopic (exact) mass is 268 g/mol. The van der Waals surface area contributed by atoms with Crippen LogP contribution in [0.5, 0.6) is 0 Å². The van der Waals surface area contributed by atoms with Gasteiger partial charge < -0.3 is 10.0 Å². The summed E-state index contributed by atoms with van der Waals surface area (Å²) in [5.41, 5.74) is 0.126. The van der Waals surface area contributed by atoms with Gasteiger partial charge in [0.15, 0.2) is 5.82 Å². The summed E-state index contributed by atoms with van der Waals surface area (Å²) in [7, 11) is 0. The molecule has 0 bridgehead atoms. The molecule has 104 valence electrons. The van der Waals surface area contributed by atoms with Crippen LogP contribution in [0.2, 0.25) is 0 Å². The topological polar surface area (TPSA) is 66.6 Å². The number of aliphatic hydroxyl groups excluding tert-OH is 1. The van der Waals surface area contributed by atoms with Gasteiger partial charge in [0.25, 0.3) is 5.69 Å². The Morgan fingerprint density at radius 2 is 2.32 bits per heavy atom. The molecule has 1 fully saturated rings. The van der Waals surface area contributed by atoms with E-state index in [9.17, 15) is 19.6 Å². The van der Waals surface area contributed by atoms with Crippen LogP contribution in [0.15, 0.2) is 18.2 Å². The molecule has 1 aromatic carbocycles. The van der Waals surface area contributed by atoms with Crippen molar-refractivity contribution in [3.05, 3.63) is 34.1 Å². The Kier molecular flexibility index (Phi) is 3.99. The van der Waals surface area contributed by atoms with E-state index in [1.807, 2.05) is 4.90 Å². The molecule has 1 aliphatic rings. The Morgan fingerprint density at radius 3 is 2.89 bits per heavy atom. The minimum absolute atomic E-state index is 0.114. The van der Waals surface area contributed by atoms with E-state index in [1.165, 1.54) is 12.1 Å². The van der Waals surface area contributed by atoms with Crippen LogP contribution in [-0.4, -0.2) is 29.2 Å². The maximum absolute atomic E-state index is 13.9. The fraction of sp³-hybridized carbons (Fsp3) is 0.538. The first-order valence-corrected chi connectivity index (χ1v) is 6.36. The number of aliphatic hydroxyl groups is 1. The van der Waals surface area contributed by atoms with Crippen LogP contribution >= 0.6 is 0 Å². The van der Waals surface area contributed by atoms with Gasteiger partial charge in [-0.15, -0.1) is 0 Å². The summed E-state index contributed by atoms with van der Waals surface area (Å²) >= 11 is 0. The first-order chi connectivity index (χ1) is 8.99. The van der Waals surface area contributed by atoms with Gasteiger partial charge in [-0.2, -0.15) is 0 Å². The summed E-state index contributed by atoms with van der Waals surface area (Å²) in [5.74, 6) is -0.469. The number of halogens is 1. The van der Waals surface area contributed by atoms with Crippen LogP contribution in [0, 0.1) is 21.8 Å². The molecule has 19 heavy (non-hydrogen) atoms. The normalized spacial score (nSPS) is 21.2. The van der Waals surface area contributed by atoms with E-state index < -0.39 is 16.8 Å². The number of nitro groups is 1. The molecule has 1 heterocycles. The van der Waals surface area contributed by atoms with Crippen molar-refractivity contribution in [3.63, 3.8) is 0 Å². The molecule has 0 amide bonds. The van der Waals surface area contributed by atoms with Gasteiger partial charge in [0.05, 0.1) is 22.8 Å². The van der Waals surface area contributed by atoms with Crippen molar-refractivity contribution >= 4 is 11.4 Å². The highest BCUT2D eigenvalue weighted by Crippen LogP contribution is 2.29. The molecule has 2 rings (SSSR count). The number of hydrogen-bond acceptors (Lipinski definition) is 4. The molecule has 0 radical (unpaired) electrons. The predicted molar refractivity (Wildman–Crippen MR) is 69.7 cm³/mol. The molecule has 0 aliphatic carbocycles. The third-order valence-corrected chi connectivity index (χ3v) is 3.62. The number of nitrogens with zero attached hydrogens (tertiary/aromatic N) is 2. The molecule has 0 spiro atoms. The Hall–Kier alpha value is -1.69. The third-order valence-electron chi connectivity index (χ3n) is 3.62. The number of anilines is 1. The Morgan fingerprint density at radius 1 is 1.58 bits per heavy atom. The molecule has 6 heteroatoms. The number of nitro benzene ring substituents is 1. The zero-order valence-electron chi connectivity index (χ0n) is 10.8. The van der Waals surface area contributed by atoms with Gasteiger partial charge in [0.1, 0.15) is 0 Å². The van der Waals surface area contributed by atoms with Crippen LogP contribution in [0.1, 0.15) is 19.8 Å². The van der Waals surface area contributed by atoms with Gasteiger partial charge in [0, 0.05) is 25.1 Å². The highest BCUT2D eigenvalue weighted by atomic mass is 19.1.